The van der Waals surface area contributed by atoms with E-state index in [1.54, 1.807) is 0 Å². The number of carbonyl (C=O) groups is 1. The lowest BCUT2D eigenvalue weighted by molar-refractivity contribution is -0.121. The molecule has 0 bridgehead atoms. The molecular formula is C20H22N4O3. The first-order chi connectivity index (χ1) is 13.0. The number of aryl methyl sites for hydroxylation is 3. The van der Waals surface area contributed by atoms with Gasteiger partial charge in [0, 0.05) is 30.4 Å². The maximum absolute atomic E-state index is 12.3. The van der Waals surface area contributed by atoms with Crippen molar-refractivity contribution in [2.75, 3.05) is 6.79 Å². The second kappa shape index (κ2) is 6.90. The standard InChI is InChI=1S/C20H22N4O3/c1-12-8-19-22-13(2)16(14(3)24(19)23-12)5-7-20(25)21-10-15-4-6-17-18(9-15)27-11-26-17/h4,6,8-9H,5,7,10-11H2,1-3H3,(H,21,25). The Morgan fingerprint density at radius 3 is 2.85 bits per heavy atom. The van der Waals surface area contributed by atoms with Gasteiger partial charge in [0.2, 0.25) is 12.7 Å². The molecule has 1 aromatic carbocycles. The SMILES string of the molecule is Cc1cc2nc(C)c(CCC(=O)NCc3ccc4c(c3)OCO4)c(C)n2n1. The van der Waals surface area contributed by atoms with Crippen molar-refractivity contribution in [3.8, 4) is 11.5 Å². The summed E-state index contributed by atoms with van der Waals surface area (Å²) in [7, 11) is 0. The lowest BCUT2D eigenvalue weighted by Crippen LogP contribution is -2.23. The molecule has 0 spiro atoms. The highest BCUT2D eigenvalue weighted by Gasteiger charge is 2.15. The van der Waals surface area contributed by atoms with Crippen molar-refractivity contribution >= 4 is 11.6 Å². The van der Waals surface area contributed by atoms with Crippen LogP contribution in [0.1, 0.15) is 34.6 Å². The van der Waals surface area contributed by atoms with E-state index in [0.29, 0.717) is 19.4 Å². The summed E-state index contributed by atoms with van der Waals surface area (Å²) in [4.78, 5) is 16.9. The lowest BCUT2D eigenvalue weighted by Gasteiger charge is -2.11. The van der Waals surface area contributed by atoms with E-state index in [1.807, 2.05) is 49.6 Å². The summed E-state index contributed by atoms with van der Waals surface area (Å²) < 4.78 is 12.5. The summed E-state index contributed by atoms with van der Waals surface area (Å²) in [5.41, 5.74) is 5.82. The van der Waals surface area contributed by atoms with E-state index in [1.165, 1.54) is 0 Å². The van der Waals surface area contributed by atoms with Crippen molar-refractivity contribution < 1.29 is 14.3 Å². The van der Waals surface area contributed by atoms with Crippen molar-refractivity contribution in [1.82, 2.24) is 19.9 Å². The second-order valence-electron chi connectivity index (χ2n) is 6.78. The zero-order chi connectivity index (χ0) is 19.0. The number of nitrogens with one attached hydrogen (secondary N) is 1. The van der Waals surface area contributed by atoms with Crippen molar-refractivity contribution in [3.63, 3.8) is 0 Å². The van der Waals surface area contributed by atoms with Gasteiger partial charge in [-0.25, -0.2) is 9.50 Å². The Morgan fingerprint density at radius 2 is 2.00 bits per heavy atom. The molecule has 7 heteroatoms. The minimum atomic E-state index is 0.00297. The number of hydrogen-bond acceptors (Lipinski definition) is 5. The molecule has 0 saturated heterocycles. The third-order valence-electron chi connectivity index (χ3n) is 4.81. The fourth-order valence-electron chi connectivity index (χ4n) is 3.38. The fourth-order valence-corrected chi connectivity index (χ4v) is 3.38. The molecule has 3 heterocycles. The first kappa shape index (κ1) is 17.3. The van der Waals surface area contributed by atoms with Crippen LogP contribution in [0.15, 0.2) is 24.3 Å². The van der Waals surface area contributed by atoms with Crippen LogP contribution < -0.4 is 14.8 Å². The van der Waals surface area contributed by atoms with Gasteiger partial charge in [-0.2, -0.15) is 5.10 Å². The summed E-state index contributed by atoms with van der Waals surface area (Å²) in [6.07, 6.45) is 1.03. The summed E-state index contributed by atoms with van der Waals surface area (Å²) in [5.74, 6) is 1.47. The highest BCUT2D eigenvalue weighted by Crippen LogP contribution is 2.32. The van der Waals surface area contributed by atoms with Crippen LogP contribution in [0.25, 0.3) is 5.65 Å². The van der Waals surface area contributed by atoms with E-state index in [0.717, 1.165) is 45.4 Å². The predicted molar refractivity (Wildman–Crippen MR) is 99.9 cm³/mol. The number of amides is 1. The molecule has 0 unspecified atom stereocenters. The van der Waals surface area contributed by atoms with E-state index in [-0.39, 0.29) is 12.7 Å². The number of carbonyl (C=O) groups excluding carboxylic acids is 1. The van der Waals surface area contributed by atoms with E-state index in [4.69, 9.17) is 9.47 Å². The van der Waals surface area contributed by atoms with Crippen LogP contribution in [-0.2, 0) is 17.8 Å². The van der Waals surface area contributed by atoms with Crippen LogP contribution >= 0.6 is 0 Å². The Hall–Kier alpha value is -3.09. The van der Waals surface area contributed by atoms with Gasteiger partial charge in [-0.15, -0.1) is 0 Å². The Morgan fingerprint density at radius 1 is 1.19 bits per heavy atom. The van der Waals surface area contributed by atoms with E-state index in [2.05, 4.69) is 15.4 Å². The van der Waals surface area contributed by atoms with Crippen LogP contribution in [0.5, 0.6) is 11.5 Å². The lowest BCUT2D eigenvalue weighted by atomic mass is 10.1. The Labute approximate surface area is 157 Å². The van der Waals surface area contributed by atoms with Crippen LogP contribution in [-0.4, -0.2) is 27.3 Å². The van der Waals surface area contributed by atoms with E-state index >= 15 is 0 Å². The normalized spacial score (nSPS) is 12.6. The molecule has 0 atom stereocenters. The minimum absolute atomic E-state index is 0.00297. The zero-order valence-electron chi connectivity index (χ0n) is 15.7. The molecule has 7 nitrogen and oxygen atoms in total. The van der Waals surface area contributed by atoms with E-state index in [9.17, 15) is 4.79 Å². The third kappa shape index (κ3) is 3.45. The Kier molecular flexibility index (Phi) is 4.43. The number of aromatic nitrogens is 3. The maximum Gasteiger partial charge on any atom is 0.231 e. The van der Waals surface area contributed by atoms with Crippen LogP contribution in [0.2, 0.25) is 0 Å². The smallest absolute Gasteiger partial charge is 0.231 e. The molecule has 1 amide bonds. The van der Waals surface area contributed by atoms with Crippen molar-refractivity contribution in [3.05, 3.63) is 52.5 Å². The van der Waals surface area contributed by atoms with Crippen LogP contribution in [0.3, 0.4) is 0 Å². The second-order valence-corrected chi connectivity index (χ2v) is 6.78. The summed E-state index contributed by atoms with van der Waals surface area (Å²) >= 11 is 0. The molecule has 1 aliphatic heterocycles. The third-order valence-corrected chi connectivity index (χ3v) is 4.81. The number of fused-ring (bicyclic) bond motifs is 2. The number of benzene rings is 1. The van der Waals surface area contributed by atoms with Gasteiger partial charge >= 0.3 is 0 Å². The average molecular weight is 366 g/mol. The molecule has 3 aromatic rings. The summed E-state index contributed by atoms with van der Waals surface area (Å²) in [6, 6.07) is 7.65. The highest BCUT2D eigenvalue weighted by atomic mass is 16.7. The molecule has 0 fully saturated rings. The topological polar surface area (TPSA) is 77.8 Å². The van der Waals surface area contributed by atoms with Crippen molar-refractivity contribution in [2.24, 2.45) is 0 Å². The first-order valence-electron chi connectivity index (χ1n) is 8.99. The van der Waals surface area contributed by atoms with Gasteiger partial charge in [-0.3, -0.25) is 4.79 Å². The monoisotopic (exact) mass is 366 g/mol. The minimum Gasteiger partial charge on any atom is -0.454 e. The molecule has 1 N–H and O–H groups in total. The van der Waals surface area contributed by atoms with Gasteiger partial charge in [-0.1, -0.05) is 6.07 Å². The first-order valence-corrected chi connectivity index (χ1v) is 8.99. The predicted octanol–water partition coefficient (Wildman–Crippen LogP) is 2.63. The van der Waals surface area contributed by atoms with Gasteiger partial charge in [0.15, 0.2) is 17.1 Å². The van der Waals surface area contributed by atoms with E-state index < -0.39 is 0 Å². The molecular weight excluding hydrogens is 344 g/mol. The van der Waals surface area contributed by atoms with Crippen LogP contribution in [0, 0.1) is 20.8 Å². The van der Waals surface area contributed by atoms with Gasteiger partial charge in [0.1, 0.15) is 0 Å². The number of nitrogens with zero attached hydrogens (tertiary/aromatic N) is 3. The molecule has 2 aromatic heterocycles. The molecule has 0 aliphatic carbocycles. The van der Waals surface area contributed by atoms with Crippen molar-refractivity contribution in [2.45, 2.75) is 40.2 Å². The number of hydrogen-bond donors (Lipinski definition) is 1. The number of rotatable bonds is 5. The van der Waals surface area contributed by atoms with Crippen LogP contribution in [0.4, 0.5) is 0 Å². The molecule has 140 valence electrons. The molecule has 0 saturated carbocycles. The van der Waals surface area contributed by atoms with Gasteiger partial charge in [0.25, 0.3) is 0 Å². The van der Waals surface area contributed by atoms with Gasteiger partial charge < -0.3 is 14.8 Å². The summed E-state index contributed by atoms with van der Waals surface area (Å²) in [5, 5.41) is 7.44. The van der Waals surface area contributed by atoms with Crippen molar-refractivity contribution in [1.29, 1.82) is 0 Å². The molecule has 0 radical (unpaired) electrons. The largest absolute Gasteiger partial charge is 0.454 e. The maximum atomic E-state index is 12.3. The Balaban J connectivity index is 1.38. The Bertz CT molecular complexity index is 1030. The highest BCUT2D eigenvalue weighted by molar-refractivity contribution is 5.76. The molecule has 1 aliphatic rings. The molecule has 27 heavy (non-hydrogen) atoms. The van der Waals surface area contributed by atoms with Gasteiger partial charge in [-0.05, 0) is 50.5 Å². The van der Waals surface area contributed by atoms with Gasteiger partial charge in [0.05, 0.1) is 5.69 Å². The number of ether oxygens (including phenoxy) is 2. The molecule has 4 rings (SSSR count). The average Bonchev–Trinajstić information content (AvgIpc) is 3.25. The zero-order valence-corrected chi connectivity index (χ0v) is 15.7. The quantitative estimate of drug-likeness (QED) is 0.751. The summed E-state index contributed by atoms with van der Waals surface area (Å²) in [6.45, 7) is 6.66. The fraction of sp³-hybridized carbons (Fsp3) is 0.350.